The molecule has 0 spiro atoms. The first kappa shape index (κ1) is 84.6. The fourth-order valence-electron chi connectivity index (χ4n) is 8.50. The number of benzene rings is 6. The smallest absolute Gasteiger partial charge is 0.280 e. The molecule has 0 heterocycles. The third kappa shape index (κ3) is 32.3. The average molecular weight is 1440 g/mol. The predicted octanol–water partition coefficient (Wildman–Crippen LogP) is 20.4. The number of halogens is 15. The van der Waals surface area contributed by atoms with E-state index in [1.54, 1.807) is 30.3 Å². The molecule has 1 aliphatic carbocycles. The summed E-state index contributed by atoms with van der Waals surface area (Å²) in [5, 5.41) is 52.3. The lowest BCUT2D eigenvalue weighted by atomic mass is 9.85. The fourth-order valence-corrected chi connectivity index (χ4v) is 8.50. The normalized spacial score (nSPS) is 13.6. The van der Waals surface area contributed by atoms with Gasteiger partial charge in [0.2, 0.25) is 0 Å². The molecule has 0 N–H and O–H groups in total. The van der Waals surface area contributed by atoms with E-state index in [2.05, 4.69) is 25.0 Å². The molecule has 0 saturated heterocycles. The van der Waals surface area contributed by atoms with Gasteiger partial charge in [0.1, 0.15) is 28.6 Å². The number of rotatable bonds is 22. The van der Waals surface area contributed by atoms with Crippen LogP contribution in [0, 0.1) is 56.5 Å². The van der Waals surface area contributed by atoms with Crippen molar-refractivity contribution in [2.24, 2.45) is 30.9 Å². The number of nitrogens with zero attached hydrogens (tertiary/aromatic N) is 10. The largest absolute Gasteiger partial charge is 0.432 e. The van der Waals surface area contributed by atoms with Gasteiger partial charge in [0.05, 0.1) is 57.3 Å². The molecule has 544 valence electrons. The Morgan fingerprint density at radius 3 is 1.03 bits per heavy atom. The van der Waals surface area contributed by atoms with E-state index in [4.69, 9.17) is 0 Å². The summed E-state index contributed by atoms with van der Waals surface area (Å²) >= 11 is 0. The number of alkyl halides is 15. The molecule has 0 radical (unpaired) electrons. The first-order chi connectivity index (χ1) is 47.2. The van der Waals surface area contributed by atoms with Gasteiger partial charge in [0, 0.05) is 66.6 Å². The molecule has 35 heteroatoms. The topological polar surface area (TPSA) is 278 Å². The molecule has 20 nitrogen and oxygen atoms in total. The van der Waals surface area contributed by atoms with Gasteiger partial charge < -0.3 is 0 Å². The molecule has 101 heavy (non-hydrogen) atoms. The van der Waals surface area contributed by atoms with Crippen LogP contribution in [0.4, 0.5) is 94.3 Å². The van der Waals surface area contributed by atoms with Gasteiger partial charge in [-0.05, 0) is 78.5 Å². The van der Waals surface area contributed by atoms with Gasteiger partial charge in [0.15, 0.2) is 0 Å². The second-order valence-electron chi connectivity index (χ2n) is 21.5. The third-order valence-electron chi connectivity index (χ3n) is 14.0. The maximum absolute atomic E-state index is 13.2. The molecule has 7 rings (SSSR count). The molecule has 0 amide bonds. The van der Waals surface area contributed by atoms with Gasteiger partial charge >= 0.3 is 30.9 Å². The first-order valence-corrected chi connectivity index (χ1v) is 30.2. The van der Waals surface area contributed by atoms with E-state index in [0.717, 1.165) is 32.3 Å². The number of nitro groups is 5. The highest BCUT2D eigenvalue weighted by molar-refractivity contribution is 6.02. The van der Waals surface area contributed by atoms with Crippen LogP contribution in [0.3, 0.4) is 0 Å². The second-order valence-corrected chi connectivity index (χ2v) is 21.5. The lowest BCUT2D eigenvalue weighted by molar-refractivity contribution is -0.385. The maximum Gasteiger partial charge on any atom is 0.432 e. The molecule has 0 aliphatic heterocycles. The van der Waals surface area contributed by atoms with Crippen LogP contribution in [0.15, 0.2) is 183 Å². The first-order valence-electron chi connectivity index (χ1n) is 30.2. The number of non-ortho nitro benzene ring substituents is 5. The van der Waals surface area contributed by atoms with Crippen LogP contribution < -0.4 is 0 Å². The van der Waals surface area contributed by atoms with Crippen LogP contribution in [0.1, 0.15) is 112 Å². The summed E-state index contributed by atoms with van der Waals surface area (Å²) in [6.45, 7) is 3.33. The summed E-state index contributed by atoms with van der Waals surface area (Å²) in [5.74, 6) is -0.521. The number of hydrogen-bond acceptors (Lipinski definition) is 15. The molecular formula is C66H65F15N10O10. The van der Waals surface area contributed by atoms with Crippen molar-refractivity contribution in [3.05, 3.63) is 242 Å². The van der Waals surface area contributed by atoms with Crippen molar-refractivity contribution in [3.8, 4) is 0 Å². The number of aliphatic imine (C=N–C) groups is 5. The number of unbranched alkanes of at least 4 members (excludes halogenated alkanes) is 1. The van der Waals surface area contributed by atoms with E-state index < -0.39 is 90.0 Å². The Balaban J connectivity index is 0.000000330. The molecule has 0 aromatic heterocycles. The van der Waals surface area contributed by atoms with Gasteiger partial charge in [-0.3, -0.25) is 75.5 Å². The Morgan fingerprint density at radius 2 is 0.733 bits per heavy atom. The molecule has 0 bridgehead atoms. The van der Waals surface area contributed by atoms with Crippen LogP contribution in [0.2, 0.25) is 0 Å². The minimum Gasteiger partial charge on any atom is -0.280 e. The summed E-state index contributed by atoms with van der Waals surface area (Å²) in [4.78, 5) is 67.3. The van der Waals surface area contributed by atoms with Crippen molar-refractivity contribution < 1.29 is 90.5 Å². The second kappa shape index (κ2) is 40.4. The van der Waals surface area contributed by atoms with Crippen molar-refractivity contribution in [2.45, 2.75) is 142 Å². The Hall–Kier alpha value is -10.6. The summed E-state index contributed by atoms with van der Waals surface area (Å²) in [5.41, 5.74) is -1.64. The van der Waals surface area contributed by atoms with Crippen molar-refractivity contribution in [2.75, 3.05) is 0 Å². The standard InChI is InChI=1S/C17H13F3N2O2.C15H17F3N2O2.C13H15F3N2O2.C11H11F3N2O2.C10H9F3N2O2/c18-17(19,20)16(11-8-13-4-2-1-3-5-13)21-12-14-6-9-15(10-7-14)22(23)24;16-15(17,18)14(12-4-2-1-3-5-12)19-10-11-6-8-13(9-7-11)20(21)22;1-2-3-4-12(13(14,15)16)17-9-10-5-7-11(8-6-10)18(19)20;1-2-10(11(12,13)14)15-7-8-3-5-9(6-4-8)16(17)18;1-7(10(11,12)13)14-6-8-2-4-9(5-3-8)15(16)17/h1-11H,12H2;6-9,12H,1-5,10H2;5-8H,2-4,9H2,1H3;3-6H,2,7H2,1H3;2-5H,6H2,1H3/b11-8+,21-16?;;;;. The summed E-state index contributed by atoms with van der Waals surface area (Å²) in [6, 6.07) is 35.1. The minimum absolute atomic E-state index is 0.0870. The van der Waals surface area contributed by atoms with E-state index in [1.165, 1.54) is 134 Å². The van der Waals surface area contributed by atoms with Crippen molar-refractivity contribution >= 4 is 63.1 Å². The Labute approximate surface area is 566 Å². The van der Waals surface area contributed by atoms with E-state index >= 15 is 0 Å². The van der Waals surface area contributed by atoms with Crippen molar-refractivity contribution in [3.63, 3.8) is 0 Å². The van der Waals surface area contributed by atoms with Crippen molar-refractivity contribution in [1.29, 1.82) is 0 Å². The Bertz CT molecular complexity index is 3820. The molecular weight excluding hydrogens is 1380 g/mol. The van der Waals surface area contributed by atoms with E-state index in [-0.39, 0.29) is 74.0 Å². The van der Waals surface area contributed by atoms with Crippen LogP contribution in [0.25, 0.3) is 6.08 Å². The van der Waals surface area contributed by atoms with Crippen LogP contribution >= 0.6 is 0 Å². The molecule has 1 saturated carbocycles. The zero-order chi connectivity index (χ0) is 75.7. The minimum atomic E-state index is -4.58. The van der Waals surface area contributed by atoms with Gasteiger partial charge in [-0.15, -0.1) is 0 Å². The molecule has 0 atom stereocenters. The summed E-state index contributed by atoms with van der Waals surface area (Å²) < 4.78 is 190. The van der Waals surface area contributed by atoms with Gasteiger partial charge in [-0.1, -0.05) is 137 Å². The molecule has 1 fully saturated rings. The Morgan fingerprint density at radius 1 is 0.406 bits per heavy atom. The molecule has 6 aromatic carbocycles. The third-order valence-corrected chi connectivity index (χ3v) is 14.0. The maximum atomic E-state index is 13.2. The van der Waals surface area contributed by atoms with E-state index in [9.17, 15) is 116 Å². The lowest BCUT2D eigenvalue weighted by Gasteiger charge is -2.24. The quantitative estimate of drug-likeness (QED) is 0.0268. The number of allylic oxidation sites excluding steroid dienone is 1. The number of nitro benzene ring substituents is 5. The van der Waals surface area contributed by atoms with Crippen molar-refractivity contribution in [1.82, 2.24) is 0 Å². The predicted molar refractivity (Wildman–Crippen MR) is 349 cm³/mol. The monoisotopic (exact) mass is 1440 g/mol. The van der Waals surface area contributed by atoms with Crippen LogP contribution in [-0.2, 0) is 32.7 Å². The SMILES string of the molecule is CC(=NCc1ccc([N+](=O)[O-])cc1)C(F)(F)F.CCC(=NCc1ccc([N+](=O)[O-])cc1)C(F)(F)F.CCCCC(=NCc1ccc([N+](=O)[O-])cc1)C(F)(F)F.O=[N+]([O-])c1ccc(CN=C(/C=C/c2ccccc2)C(F)(F)F)cc1.O=[N+]([O-])c1ccc(CN=C(C2CCCCC2)C(F)(F)F)cc1. The van der Waals surface area contributed by atoms with E-state index in [0.29, 0.717) is 59.1 Å². The fraction of sp³-hybridized carbons (Fsp3) is 0.348. The highest BCUT2D eigenvalue weighted by Crippen LogP contribution is 2.33. The summed E-state index contributed by atoms with van der Waals surface area (Å²) in [6.07, 6.45) is -15.6. The van der Waals surface area contributed by atoms with Gasteiger partial charge in [0.25, 0.3) is 28.4 Å². The highest BCUT2D eigenvalue weighted by Gasteiger charge is 2.41. The summed E-state index contributed by atoms with van der Waals surface area (Å²) in [7, 11) is 0. The molecule has 6 aromatic rings. The number of hydrogen-bond donors (Lipinski definition) is 0. The molecule has 0 unspecified atom stereocenters. The van der Waals surface area contributed by atoms with Gasteiger partial charge in [-0.25, -0.2) is 0 Å². The lowest BCUT2D eigenvalue weighted by Crippen LogP contribution is -2.32. The zero-order valence-corrected chi connectivity index (χ0v) is 53.8. The zero-order valence-electron chi connectivity index (χ0n) is 53.8. The van der Waals surface area contributed by atoms with Crippen LogP contribution in [0.5, 0.6) is 0 Å². The molecule has 1 aliphatic rings. The van der Waals surface area contributed by atoms with E-state index in [1.807, 2.05) is 6.92 Å². The van der Waals surface area contributed by atoms with Crippen LogP contribution in [-0.4, -0.2) is 84.1 Å². The van der Waals surface area contributed by atoms with Gasteiger partial charge in [-0.2, -0.15) is 65.9 Å². The average Bonchev–Trinajstić information content (AvgIpc) is 0.851. The Kier molecular flexibility index (Phi) is 33.9. The highest BCUT2D eigenvalue weighted by atomic mass is 19.4.